The van der Waals surface area contributed by atoms with Gasteiger partial charge in [0.2, 0.25) is 0 Å². The molecule has 0 radical (unpaired) electrons. The summed E-state index contributed by atoms with van der Waals surface area (Å²) in [6.07, 6.45) is 0.668. The highest BCUT2D eigenvalue weighted by atomic mass is 16.5. The van der Waals surface area contributed by atoms with E-state index in [-0.39, 0.29) is 0 Å². The number of aryl methyl sites for hydroxylation is 1. The first-order valence-electron chi connectivity index (χ1n) is 7.84. The summed E-state index contributed by atoms with van der Waals surface area (Å²) in [4.78, 5) is 2.36. The van der Waals surface area contributed by atoms with E-state index in [9.17, 15) is 5.11 Å². The van der Waals surface area contributed by atoms with Crippen LogP contribution < -0.4 is 10.1 Å². The quantitative estimate of drug-likeness (QED) is 0.837. The summed E-state index contributed by atoms with van der Waals surface area (Å²) in [6.45, 7) is 7.47. The Kier molecular flexibility index (Phi) is 6.03. The van der Waals surface area contributed by atoms with E-state index in [1.54, 1.807) is 0 Å². The molecule has 0 aliphatic carbocycles. The van der Waals surface area contributed by atoms with Gasteiger partial charge in [0.05, 0.1) is 0 Å². The van der Waals surface area contributed by atoms with Crippen LogP contribution in [0.25, 0.3) is 0 Å². The average molecular weight is 292 g/mol. The second-order valence-corrected chi connectivity index (χ2v) is 6.32. The van der Waals surface area contributed by atoms with E-state index >= 15 is 0 Å². The largest absolute Gasteiger partial charge is 0.491 e. The lowest BCUT2D eigenvalue weighted by Gasteiger charge is -2.35. The van der Waals surface area contributed by atoms with Crippen LogP contribution in [0.3, 0.4) is 0 Å². The molecule has 0 amide bonds. The maximum absolute atomic E-state index is 10.0. The van der Waals surface area contributed by atoms with Gasteiger partial charge in [-0.3, -0.25) is 0 Å². The Morgan fingerprint density at radius 2 is 2.10 bits per heavy atom. The summed E-state index contributed by atoms with van der Waals surface area (Å²) < 4.78 is 5.61. The molecule has 1 aromatic rings. The number of likely N-dealkylation sites (tertiary alicyclic amines) is 1. The first-order chi connectivity index (χ1) is 10.0. The number of piperidine rings is 1. The smallest absolute Gasteiger partial charge is 0.119 e. The van der Waals surface area contributed by atoms with Gasteiger partial charge in [-0.05, 0) is 45.0 Å². The molecule has 1 heterocycles. The van der Waals surface area contributed by atoms with Crippen molar-refractivity contribution >= 4 is 0 Å². The third-order valence-electron chi connectivity index (χ3n) is 4.19. The Balaban J connectivity index is 1.67. The van der Waals surface area contributed by atoms with Crippen molar-refractivity contribution in [2.24, 2.45) is 5.92 Å². The predicted octanol–water partition coefficient (Wildman–Crippen LogP) is 1.66. The number of benzene rings is 1. The third-order valence-corrected chi connectivity index (χ3v) is 4.19. The van der Waals surface area contributed by atoms with Crippen LogP contribution in [0, 0.1) is 12.8 Å². The van der Waals surface area contributed by atoms with Gasteiger partial charge >= 0.3 is 0 Å². The molecule has 21 heavy (non-hydrogen) atoms. The van der Waals surface area contributed by atoms with E-state index < -0.39 is 6.10 Å². The Morgan fingerprint density at radius 1 is 1.38 bits per heavy atom. The standard InChI is InChI=1S/C17H28N2O2/c1-13-4-6-16(7-5-13)21-12-15(20)10-18-17-8-9-19(3)11-14(17)2/h4-7,14-15,17-18,20H,8-12H2,1-3H3. The lowest BCUT2D eigenvalue weighted by molar-refractivity contribution is 0.0933. The van der Waals surface area contributed by atoms with Gasteiger partial charge in [-0.25, -0.2) is 0 Å². The number of hydrogen-bond donors (Lipinski definition) is 2. The molecule has 1 fully saturated rings. The molecule has 1 aromatic carbocycles. The van der Waals surface area contributed by atoms with Crippen LogP contribution in [0.2, 0.25) is 0 Å². The molecule has 3 unspecified atom stereocenters. The van der Waals surface area contributed by atoms with Gasteiger partial charge in [-0.2, -0.15) is 0 Å². The molecule has 3 atom stereocenters. The maximum atomic E-state index is 10.0. The van der Waals surface area contributed by atoms with Crippen LogP contribution in [0.4, 0.5) is 0 Å². The van der Waals surface area contributed by atoms with Crippen LogP contribution in [0.1, 0.15) is 18.9 Å². The molecule has 0 bridgehead atoms. The van der Waals surface area contributed by atoms with E-state index in [0.29, 0.717) is 25.1 Å². The first-order valence-corrected chi connectivity index (χ1v) is 7.84. The minimum Gasteiger partial charge on any atom is -0.491 e. The van der Waals surface area contributed by atoms with Gasteiger partial charge in [0.15, 0.2) is 0 Å². The van der Waals surface area contributed by atoms with Crippen molar-refractivity contribution in [3.05, 3.63) is 29.8 Å². The zero-order valence-electron chi connectivity index (χ0n) is 13.4. The first kappa shape index (κ1) is 16.3. The summed E-state index contributed by atoms with van der Waals surface area (Å²) in [7, 11) is 2.16. The Hall–Kier alpha value is -1.10. The molecule has 2 rings (SSSR count). The maximum Gasteiger partial charge on any atom is 0.119 e. The van der Waals surface area contributed by atoms with Crippen molar-refractivity contribution in [3.8, 4) is 5.75 Å². The number of rotatable bonds is 6. The topological polar surface area (TPSA) is 44.7 Å². The minimum atomic E-state index is -0.474. The van der Waals surface area contributed by atoms with Crippen molar-refractivity contribution in [1.29, 1.82) is 0 Å². The highest BCUT2D eigenvalue weighted by Gasteiger charge is 2.24. The molecular formula is C17H28N2O2. The van der Waals surface area contributed by atoms with Gasteiger partial charge < -0.3 is 20.1 Å². The van der Waals surface area contributed by atoms with Crippen LogP contribution in [0.15, 0.2) is 24.3 Å². The van der Waals surface area contributed by atoms with Crippen molar-refractivity contribution in [3.63, 3.8) is 0 Å². The lowest BCUT2D eigenvalue weighted by Crippen LogP contribution is -2.49. The normalized spacial score (nSPS) is 24.8. The van der Waals surface area contributed by atoms with E-state index in [1.165, 1.54) is 5.56 Å². The second kappa shape index (κ2) is 7.78. The molecule has 1 aliphatic heterocycles. The fourth-order valence-corrected chi connectivity index (χ4v) is 2.83. The van der Waals surface area contributed by atoms with Gasteiger partial charge in [-0.1, -0.05) is 24.6 Å². The van der Waals surface area contributed by atoms with Gasteiger partial charge in [0.1, 0.15) is 18.5 Å². The van der Waals surface area contributed by atoms with Gasteiger partial charge in [0.25, 0.3) is 0 Å². The lowest BCUT2D eigenvalue weighted by atomic mass is 9.94. The summed E-state index contributed by atoms with van der Waals surface area (Å²) in [5, 5.41) is 13.5. The van der Waals surface area contributed by atoms with E-state index in [2.05, 4.69) is 24.2 Å². The van der Waals surface area contributed by atoms with Gasteiger partial charge in [0, 0.05) is 19.1 Å². The number of hydrogen-bond acceptors (Lipinski definition) is 4. The molecule has 0 spiro atoms. The zero-order chi connectivity index (χ0) is 15.2. The second-order valence-electron chi connectivity index (χ2n) is 6.32. The molecule has 0 saturated carbocycles. The Labute approximate surface area is 128 Å². The van der Waals surface area contributed by atoms with E-state index in [4.69, 9.17) is 4.74 Å². The summed E-state index contributed by atoms with van der Waals surface area (Å²) in [5.41, 5.74) is 1.21. The van der Waals surface area contributed by atoms with Crippen molar-refractivity contribution < 1.29 is 9.84 Å². The molecule has 1 aliphatic rings. The van der Waals surface area contributed by atoms with E-state index in [1.807, 2.05) is 31.2 Å². The third kappa shape index (κ3) is 5.30. The molecular weight excluding hydrogens is 264 g/mol. The molecule has 4 nitrogen and oxygen atoms in total. The number of nitrogens with zero attached hydrogens (tertiary/aromatic N) is 1. The molecule has 118 valence electrons. The van der Waals surface area contributed by atoms with Crippen LogP contribution in [-0.4, -0.2) is 55.4 Å². The monoisotopic (exact) mass is 292 g/mol. The highest BCUT2D eigenvalue weighted by Crippen LogP contribution is 2.15. The van der Waals surface area contributed by atoms with Crippen molar-refractivity contribution in [2.45, 2.75) is 32.4 Å². The molecule has 0 aromatic heterocycles. The molecule has 4 heteroatoms. The van der Waals surface area contributed by atoms with Crippen LogP contribution in [-0.2, 0) is 0 Å². The number of aliphatic hydroxyl groups is 1. The van der Waals surface area contributed by atoms with Crippen molar-refractivity contribution in [2.75, 3.05) is 33.3 Å². The number of nitrogens with one attached hydrogen (secondary N) is 1. The fraction of sp³-hybridized carbons (Fsp3) is 0.647. The molecule has 2 N–H and O–H groups in total. The average Bonchev–Trinajstić information content (AvgIpc) is 2.46. The summed E-state index contributed by atoms with van der Waals surface area (Å²) >= 11 is 0. The van der Waals surface area contributed by atoms with Crippen molar-refractivity contribution in [1.82, 2.24) is 10.2 Å². The predicted molar refractivity (Wildman–Crippen MR) is 85.7 cm³/mol. The summed E-state index contributed by atoms with van der Waals surface area (Å²) in [6, 6.07) is 8.40. The van der Waals surface area contributed by atoms with Crippen LogP contribution >= 0.6 is 0 Å². The van der Waals surface area contributed by atoms with Crippen LogP contribution in [0.5, 0.6) is 5.75 Å². The number of aliphatic hydroxyl groups excluding tert-OH is 1. The number of ether oxygens (including phenoxy) is 1. The van der Waals surface area contributed by atoms with E-state index in [0.717, 1.165) is 25.3 Å². The minimum absolute atomic E-state index is 0.330. The Morgan fingerprint density at radius 3 is 2.76 bits per heavy atom. The summed E-state index contributed by atoms with van der Waals surface area (Å²) in [5.74, 6) is 1.43. The van der Waals surface area contributed by atoms with Gasteiger partial charge in [-0.15, -0.1) is 0 Å². The Bertz CT molecular complexity index is 421. The fourth-order valence-electron chi connectivity index (χ4n) is 2.83. The zero-order valence-corrected chi connectivity index (χ0v) is 13.4. The SMILES string of the molecule is Cc1ccc(OCC(O)CNC2CCN(C)CC2C)cc1. The molecule has 1 saturated heterocycles. The highest BCUT2D eigenvalue weighted by molar-refractivity contribution is 5.26.